The van der Waals surface area contributed by atoms with Gasteiger partial charge in [0.2, 0.25) is 11.7 Å². The van der Waals surface area contributed by atoms with E-state index in [-0.39, 0.29) is 42.2 Å². The maximum atomic E-state index is 13.0. The molecule has 0 heterocycles. The molecule has 0 saturated carbocycles. The second-order valence-corrected chi connectivity index (χ2v) is 6.93. The van der Waals surface area contributed by atoms with Crippen molar-refractivity contribution in [2.24, 2.45) is 0 Å². The first kappa shape index (κ1) is 23.7. The van der Waals surface area contributed by atoms with E-state index in [2.05, 4.69) is 5.32 Å². The Labute approximate surface area is 181 Å². The van der Waals surface area contributed by atoms with Gasteiger partial charge in [-0.1, -0.05) is 36.8 Å². The summed E-state index contributed by atoms with van der Waals surface area (Å²) in [5, 5.41) is 13.6. The van der Waals surface area contributed by atoms with Crippen LogP contribution in [0.5, 0.6) is 11.5 Å². The molecule has 2 rings (SSSR count). The van der Waals surface area contributed by atoms with E-state index in [9.17, 15) is 19.7 Å². The van der Waals surface area contributed by atoms with Gasteiger partial charge in [-0.3, -0.25) is 19.7 Å². The SMILES string of the molecule is CC[C@H](C(=O)NC)N(Cc1cccc(C)c1)C(=O)COc1ccc([N+](=O)[O-])c(OC)c1. The fourth-order valence-electron chi connectivity index (χ4n) is 3.22. The molecule has 0 aromatic heterocycles. The lowest BCUT2D eigenvalue weighted by Crippen LogP contribution is -2.49. The van der Waals surface area contributed by atoms with Gasteiger partial charge in [0.1, 0.15) is 11.8 Å². The van der Waals surface area contributed by atoms with Crippen LogP contribution in [0.2, 0.25) is 0 Å². The highest BCUT2D eigenvalue weighted by Crippen LogP contribution is 2.30. The van der Waals surface area contributed by atoms with E-state index < -0.39 is 11.0 Å². The summed E-state index contributed by atoms with van der Waals surface area (Å²) in [7, 11) is 2.84. The molecule has 2 aromatic carbocycles. The predicted molar refractivity (Wildman–Crippen MR) is 115 cm³/mol. The Morgan fingerprint density at radius 2 is 1.97 bits per heavy atom. The number of nitro groups is 1. The number of likely N-dealkylation sites (N-methyl/N-ethyl adjacent to an activating group) is 1. The summed E-state index contributed by atoms with van der Waals surface area (Å²) in [6, 6.07) is 11.0. The van der Waals surface area contributed by atoms with Crippen molar-refractivity contribution >= 4 is 17.5 Å². The second kappa shape index (κ2) is 11.0. The van der Waals surface area contributed by atoms with E-state index in [1.54, 1.807) is 0 Å². The lowest BCUT2D eigenvalue weighted by Gasteiger charge is -2.30. The van der Waals surface area contributed by atoms with E-state index in [4.69, 9.17) is 9.47 Å². The molecule has 0 aliphatic carbocycles. The number of methoxy groups -OCH3 is 1. The van der Waals surface area contributed by atoms with Crippen LogP contribution in [0.4, 0.5) is 5.69 Å². The van der Waals surface area contributed by atoms with E-state index in [0.717, 1.165) is 11.1 Å². The molecule has 0 fully saturated rings. The summed E-state index contributed by atoms with van der Waals surface area (Å²) in [5.41, 5.74) is 1.74. The first-order chi connectivity index (χ1) is 14.8. The molecule has 0 spiro atoms. The third-order valence-electron chi connectivity index (χ3n) is 4.78. The molecular weight excluding hydrogens is 402 g/mol. The Balaban J connectivity index is 2.22. The average Bonchev–Trinajstić information content (AvgIpc) is 2.76. The number of carbonyl (C=O) groups is 2. The monoisotopic (exact) mass is 429 g/mol. The molecule has 1 N–H and O–H groups in total. The van der Waals surface area contributed by atoms with Crippen molar-refractivity contribution in [2.45, 2.75) is 32.9 Å². The number of benzene rings is 2. The number of nitro benzene ring substituents is 1. The minimum atomic E-state index is -0.659. The van der Waals surface area contributed by atoms with Crippen molar-refractivity contribution in [3.05, 3.63) is 63.7 Å². The summed E-state index contributed by atoms with van der Waals surface area (Å²) < 4.78 is 10.6. The zero-order valence-corrected chi connectivity index (χ0v) is 18.1. The van der Waals surface area contributed by atoms with Crippen LogP contribution in [0.3, 0.4) is 0 Å². The van der Waals surface area contributed by atoms with E-state index in [1.807, 2.05) is 38.1 Å². The Hall–Kier alpha value is -3.62. The standard InChI is InChI=1S/C22H27N3O6/c1-5-18(22(27)23-3)24(13-16-8-6-7-15(2)11-16)21(26)14-31-17-9-10-19(25(28)29)20(12-17)30-4/h6-12,18H,5,13-14H2,1-4H3,(H,23,27)/t18-/m1/s1. The first-order valence-electron chi connectivity index (χ1n) is 9.82. The maximum absolute atomic E-state index is 13.0. The molecule has 31 heavy (non-hydrogen) atoms. The highest BCUT2D eigenvalue weighted by atomic mass is 16.6. The molecule has 9 heteroatoms. The fraction of sp³-hybridized carbons (Fsp3) is 0.364. The normalized spacial score (nSPS) is 11.4. The number of nitrogens with one attached hydrogen (secondary N) is 1. The number of nitrogens with zero attached hydrogens (tertiary/aromatic N) is 2. The highest BCUT2D eigenvalue weighted by Gasteiger charge is 2.28. The number of rotatable bonds is 10. The van der Waals surface area contributed by atoms with Crippen LogP contribution in [0.25, 0.3) is 0 Å². The predicted octanol–water partition coefficient (Wildman–Crippen LogP) is 2.84. The van der Waals surface area contributed by atoms with Crippen LogP contribution < -0.4 is 14.8 Å². The van der Waals surface area contributed by atoms with E-state index in [0.29, 0.717) is 6.42 Å². The number of aryl methyl sites for hydroxylation is 1. The van der Waals surface area contributed by atoms with Crippen LogP contribution in [-0.2, 0) is 16.1 Å². The van der Waals surface area contributed by atoms with Crippen molar-refractivity contribution in [1.29, 1.82) is 0 Å². The molecule has 0 radical (unpaired) electrons. The Morgan fingerprint density at radius 1 is 1.23 bits per heavy atom. The Bertz CT molecular complexity index is 947. The van der Waals surface area contributed by atoms with Crippen LogP contribution >= 0.6 is 0 Å². The molecule has 0 bridgehead atoms. The molecule has 0 aliphatic rings. The summed E-state index contributed by atoms with van der Waals surface area (Å²) in [6.07, 6.45) is 0.433. The van der Waals surface area contributed by atoms with Gasteiger partial charge in [0.25, 0.3) is 5.91 Å². The minimum Gasteiger partial charge on any atom is -0.490 e. The molecule has 2 aromatic rings. The van der Waals surface area contributed by atoms with Crippen molar-refractivity contribution in [3.63, 3.8) is 0 Å². The summed E-state index contributed by atoms with van der Waals surface area (Å²) in [6.45, 7) is 3.70. The van der Waals surface area contributed by atoms with Crippen LogP contribution in [-0.4, -0.2) is 48.4 Å². The lowest BCUT2D eigenvalue weighted by molar-refractivity contribution is -0.385. The minimum absolute atomic E-state index is 0.0309. The van der Waals surface area contributed by atoms with Crippen molar-refractivity contribution in [2.75, 3.05) is 20.8 Å². The van der Waals surface area contributed by atoms with Gasteiger partial charge in [0, 0.05) is 25.7 Å². The molecule has 2 amide bonds. The van der Waals surface area contributed by atoms with Crippen LogP contribution in [0.1, 0.15) is 24.5 Å². The highest BCUT2D eigenvalue weighted by molar-refractivity contribution is 5.88. The second-order valence-electron chi connectivity index (χ2n) is 6.93. The zero-order chi connectivity index (χ0) is 23.0. The molecule has 0 aliphatic heterocycles. The maximum Gasteiger partial charge on any atom is 0.311 e. The number of carbonyl (C=O) groups excluding carboxylic acids is 2. The quantitative estimate of drug-likeness (QED) is 0.459. The molecule has 166 valence electrons. The van der Waals surface area contributed by atoms with Gasteiger partial charge in [-0.25, -0.2) is 0 Å². The molecular formula is C22H27N3O6. The average molecular weight is 429 g/mol. The third-order valence-corrected chi connectivity index (χ3v) is 4.78. The number of hydrogen-bond donors (Lipinski definition) is 1. The van der Waals surface area contributed by atoms with Crippen molar-refractivity contribution in [3.8, 4) is 11.5 Å². The molecule has 9 nitrogen and oxygen atoms in total. The summed E-state index contributed by atoms with van der Waals surface area (Å²) in [5.74, 6) is -0.363. The molecule has 0 saturated heterocycles. The van der Waals surface area contributed by atoms with Gasteiger partial charge in [-0.05, 0) is 25.0 Å². The molecule has 1 atom stereocenters. The van der Waals surface area contributed by atoms with Crippen LogP contribution in [0, 0.1) is 17.0 Å². The largest absolute Gasteiger partial charge is 0.490 e. The topological polar surface area (TPSA) is 111 Å². The fourth-order valence-corrected chi connectivity index (χ4v) is 3.22. The van der Waals surface area contributed by atoms with E-state index in [1.165, 1.54) is 37.3 Å². The van der Waals surface area contributed by atoms with Gasteiger partial charge < -0.3 is 19.7 Å². The van der Waals surface area contributed by atoms with Crippen LogP contribution in [0.15, 0.2) is 42.5 Å². The number of amides is 2. The van der Waals surface area contributed by atoms with Gasteiger partial charge in [-0.2, -0.15) is 0 Å². The van der Waals surface area contributed by atoms with Gasteiger partial charge in [0.05, 0.1) is 12.0 Å². The summed E-state index contributed by atoms with van der Waals surface area (Å²) in [4.78, 5) is 37.4. The smallest absolute Gasteiger partial charge is 0.311 e. The van der Waals surface area contributed by atoms with E-state index >= 15 is 0 Å². The number of hydrogen-bond acceptors (Lipinski definition) is 6. The van der Waals surface area contributed by atoms with Gasteiger partial charge >= 0.3 is 5.69 Å². The Morgan fingerprint density at radius 3 is 2.55 bits per heavy atom. The van der Waals surface area contributed by atoms with Crippen molar-refractivity contribution < 1.29 is 24.0 Å². The lowest BCUT2D eigenvalue weighted by atomic mass is 10.1. The summed E-state index contributed by atoms with van der Waals surface area (Å²) >= 11 is 0. The van der Waals surface area contributed by atoms with Gasteiger partial charge in [0.15, 0.2) is 6.61 Å². The Kier molecular flexibility index (Phi) is 8.36. The third kappa shape index (κ3) is 6.18. The zero-order valence-electron chi connectivity index (χ0n) is 18.1. The molecule has 0 unspecified atom stereocenters. The van der Waals surface area contributed by atoms with Gasteiger partial charge in [-0.15, -0.1) is 0 Å². The number of ether oxygens (including phenoxy) is 2. The first-order valence-corrected chi connectivity index (χ1v) is 9.82. The van der Waals surface area contributed by atoms with Crippen molar-refractivity contribution in [1.82, 2.24) is 10.2 Å².